The Balaban J connectivity index is 1.34. The molecule has 2 fully saturated rings. The molecule has 1 amide bonds. The van der Waals surface area contributed by atoms with E-state index in [4.69, 9.17) is 44.3 Å². The first-order valence-electron chi connectivity index (χ1n) is 12.2. The van der Waals surface area contributed by atoms with E-state index in [9.17, 15) is 4.79 Å². The Morgan fingerprint density at radius 1 is 1.05 bits per heavy atom. The van der Waals surface area contributed by atoms with Gasteiger partial charge in [0.15, 0.2) is 5.82 Å². The number of hydrogen-bond donors (Lipinski definition) is 5. The predicted molar refractivity (Wildman–Crippen MR) is 148 cm³/mol. The molecule has 38 heavy (non-hydrogen) atoms. The molecule has 13 heteroatoms. The maximum absolute atomic E-state index is 13.1. The van der Waals surface area contributed by atoms with Crippen molar-refractivity contribution in [3.63, 3.8) is 0 Å². The Bertz CT molecular complexity index is 1340. The monoisotopic (exact) mass is 558 g/mol. The van der Waals surface area contributed by atoms with Gasteiger partial charge in [-0.05, 0) is 61.9 Å². The Labute approximate surface area is 229 Å². The highest BCUT2D eigenvalue weighted by atomic mass is 35.5. The second-order valence-corrected chi connectivity index (χ2v) is 10.0. The van der Waals surface area contributed by atoms with Gasteiger partial charge in [-0.3, -0.25) is 20.1 Å². The van der Waals surface area contributed by atoms with Crippen LogP contribution in [0.1, 0.15) is 12.8 Å². The molecule has 4 heterocycles. The second-order valence-electron chi connectivity index (χ2n) is 9.20. The van der Waals surface area contributed by atoms with Crippen molar-refractivity contribution < 1.29 is 15.2 Å². The van der Waals surface area contributed by atoms with Crippen molar-refractivity contribution in [3.8, 4) is 11.3 Å². The molecular weight excluding hydrogens is 531 g/mol. The van der Waals surface area contributed by atoms with Crippen LogP contribution >= 0.6 is 23.2 Å². The van der Waals surface area contributed by atoms with Crippen LogP contribution in [0, 0.1) is 0 Å². The molecule has 3 aromatic rings. The minimum Gasteiger partial charge on any atom is -0.382 e. The standard InChI is InChI=1S/C25H28Cl2N8O3/c26-15-3-4-17(18(27)12-15)24-19(34-13-16-2-1-11-33(16)14-23(34)36)5-7-21(31-24)29-9-10-30-22-8-6-20(35(37)38)25(28)32-22/h3-8,12,16,37-38H,1-2,9-11,13-14H2,(H,29,31)(H3,28,30,32). The number of fused-ring (bicyclic) bond motifs is 1. The summed E-state index contributed by atoms with van der Waals surface area (Å²) in [6.07, 6.45) is 2.17. The van der Waals surface area contributed by atoms with Crippen LogP contribution in [-0.4, -0.2) is 70.0 Å². The summed E-state index contributed by atoms with van der Waals surface area (Å²) in [5.41, 5.74) is 7.74. The SMILES string of the molecule is Nc1nc(NCCNc2ccc(N3CC4CCCN4CC3=O)c(-c3ccc(Cl)cc3Cl)n2)ccc1N(O)O. The molecule has 11 nitrogen and oxygen atoms in total. The van der Waals surface area contributed by atoms with E-state index in [-0.39, 0.29) is 22.6 Å². The van der Waals surface area contributed by atoms with Gasteiger partial charge in [0.25, 0.3) is 0 Å². The maximum Gasteiger partial charge on any atom is 0.241 e. The number of nitrogen functional groups attached to an aromatic ring is 1. The van der Waals surface area contributed by atoms with Crippen LogP contribution in [-0.2, 0) is 4.79 Å². The Hall–Kier alpha value is -3.35. The van der Waals surface area contributed by atoms with E-state index in [2.05, 4.69) is 20.5 Å². The molecule has 2 saturated heterocycles. The summed E-state index contributed by atoms with van der Waals surface area (Å²) < 4.78 is 0. The van der Waals surface area contributed by atoms with Crippen LogP contribution in [0.3, 0.4) is 0 Å². The fraction of sp³-hybridized carbons (Fsp3) is 0.320. The number of rotatable bonds is 8. The van der Waals surface area contributed by atoms with Crippen LogP contribution in [0.2, 0.25) is 10.0 Å². The lowest BCUT2D eigenvalue weighted by atomic mass is 10.1. The first kappa shape index (κ1) is 26.3. The highest BCUT2D eigenvalue weighted by Crippen LogP contribution is 2.38. The molecule has 2 aliphatic heterocycles. The van der Waals surface area contributed by atoms with Gasteiger partial charge in [-0.15, -0.1) is 5.23 Å². The summed E-state index contributed by atoms with van der Waals surface area (Å²) in [4.78, 5) is 26.1. The molecule has 0 radical (unpaired) electrons. The molecule has 0 spiro atoms. The largest absolute Gasteiger partial charge is 0.382 e. The van der Waals surface area contributed by atoms with Gasteiger partial charge in [-0.25, -0.2) is 9.97 Å². The van der Waals surface area contributed by atoms with Gasteiger partial charge in [0.1, 0.15) is 17.3 Å². The zero-order valence-corrected chi connectivity index (χ0v) is 22.0. The highest BCUT2D eigenvalue weighted by Gasteiger charge is 2.36. The number of amides is 1. The van der Waals surface area contributed by atoms with Crippen LogP contribution in [0.25, 0.3) is 11.3 Å². The number of hydrogen-bond acceptors (Lipinski definition) is 10. The lowest BCUT2D eigenvalue weighted by Crippen LogP contribution is -2.53. The highest BCUT2D eigenvalue weighted by molar-refractivity contribution is 6.36. The van der Waals surface area contributed by atoms with Gasteiger partial charge >= 0.3 is 0 Å². The Morgan fingerprint density at radius 3 is 2.50 bits per heavy atom. The summed E-state index contributed by atoms with van der Waals surface area (Å²) in [7, 11) is 0. The summed E-state index contributed by atoms with van der Waals surface area (Å²) in [5.74, 6) is 1.12. The molecule has 1 unspecified atom stereocenters. The number of carbonyl (C=O) groups is 1. The summed E-state index contributed by atoms with van der Waals surface area (Å²) in [5, 5.41) is 25.5. The average molecular weight is 559 g/mol. The van der Waals surface area contributed by atoms with E-state index in [1.54, 1.807) is 18.2 Å². The van der Waals surface area contributed by atoms with Gasteiger partial charge < -0.3 is 21.3 Å². The lowest BCUT2D eigenvalue weighted by Gasteiger charge is -2.37. The normalized spacial score (nSPS) is 17.4. The number of nitrogens with one attached hydrogen (secondary N) is 2. The molecule has 2 aliphatic rings. The van der Waals surface area contributed by atoms with Crippen molar-refractivity contribution >= 4 is 57.9 Å². The fourth-order valence-electron chi connectivity index (χ4n) is 4.88. The zero-order valence-electron chi connectivity index (χ0n) is 20.4. The molecule has 0 saturated carbocycles. The summed E-state index contributed by atoms with van der Waals surface area (Å²) in [6, 6.07) is 12.4. The summed E-state index contributed by atoms with van der Waals surface area (Å²) >= 11 is 12.7. The van der Waals surface area contributed by atoms with Gasteiger partial charge in [-0.2, -0.15) is 0 Å². The third-order valence-corrected chi connectivity index (χ3v) is 7.29. The molecular formula is C25H28Cl2N8O3. The quantitative estimate of drug-likeness (QED) is 0.203. The first-order chi connectivity index (χ1) is 18.3. The second kappa shape index (κ2) is 11.2. The average Bonchev–Trinajstić information content (AvgIpc) is 3.33. The molecule has 200 valence electrons. The van der Waals surface area contributed by atoms with Crippen LogP contribution in [0.4, 0.5) is 28.8 Å². The molecule has 2 aromatic heterocycles. The van der Waals surface area contributed by atoms with Gasteiger partial charge in [-0.1, -0.05) is 23.2 Å². The Morgan fingerprint density at radius 2 is 1.79 bits per heavy atom. The van der Waals surface area contributed by atoms with Crippen molar-refractivity contribution in [1.29, 1.82) is 0 Å². The van der Waals surface area contributed by atoms with E-state index in [1.165, 1.54) is 6.07 Å². The summed E-state index contributed by atoms with van der Waals surface area (Å²) in [6.45, 7) is 2.96. The number of nitrogens with two attached hydrogens (primary N) is 1. The molecule has 0 bridgehead atoms. The number of piperazine rings is 1. The molecule has 0 aliphatic carbocycles. The number of benzene rings is 1. The number of carbonyl (C=O) groups excluding carboxylic acids is 1. The third-order valence-electron chi connectivity index (χ3n) is 6.74. The molecule has 5 rings (SSSR count). The fourth-order valence-corrected chi connectivity index (χ4v) is 5.38. The number of aromatic nitrogens is 2. The first-order valence-corrected chi connectivity index (χ1v) is 13.0. The van der Waals surface area contributed by atoms with Gasteiger partial charge in [0.2, 0.25) is 5.91 Å². The van der Waals surface area contributed by atoms with E-state index in [0.717, 1.165) is 25.1 Å². The Kier molecular flexibility index (Phi) is 7.73. The van der Waals surface area contributed by atoms with Crippen LogP contribution in [0.5, 0.6) is 0 Å². The van der Waals surface area contributed by atoms with E-state index < -0.39 is 0 Å². The molecule has 6 N–H and O–H groups in total. The maximum atomic E-state index is 13.1. The number of halogens is 2. The van der Waals surface area contributed by atoms with E-state index in [1.807, 2.05) is 23.1 Å². The molecule has 1 aromatic carbocycles. The minimum atomic E-state index is -0.0747. The van der Waals surface area contributed by atoms with Crippen molar-refractivity contribution in [1.82, 2.24) is 14.9 Å². The lowest BCUT2D eigenvalue weighted by molar-refractivity contribution is -0.121. The van der Waals surface area contributed by atoms with E-state index in [0.29, 0.717) is 65.2 Å². The van der Waals surface area contributed by atoms with Gasteiger partial charge in [0, 0.05) is 36.3 Å². The number of pyridine rings is 2. The number of nitrogens with zero attached hydrogens (tertiary/aromatic N) is 5. The predicted octanol–water partition coefficient (Wildman–Crippen LogP) is 3.95. The topological polar surface area (TPSA) is 143 Å². The zero-order chi connectivity index (χ0) is 26.8. The van der Waals surface area contributed by atoms with Crippen LogP contribution < -0.4 is 26.5 Å². The minimum absolute atomic E-state index is 0.0146. The number of anilines is 5. The third kappa shape index (κ3) is 5.57. The van der Waals surface area contributed by atoms with Crippen molar-refractivity contribution in [2.24, 2.45) is 0 Å². The van der Waals surface area contributed by atoms with Crippen molar-refractivity contribution in [3.05, 3.63) is 52.5 Å². The van der Waals surface area contributed by atoms with Gasteiger partial charge in [0.05, 0.1) is 22.9 Å². The van der Waals surface area contributed by atoms with Crippen molar-refractivity contribution in [2.45, 2.75) is 18.9 Å². The molecule has 1 atom stereocenters. The van der Waals surface area contributed by atoms with Crippen molar-refractivity contribution in [2.75, 3.05) is 59.2 Å². The van der Waals surface area contributed by atoms with E-state index >= 15 is 0 Å². The van der Waals surface area contributed by atoms with Crippen LogP contribution in [0.15, 0.2) is 42.5 Å². The smallest absolute Gasteiger partial charge is 0.241 e.